The van der Waals surface area contributed by atoms with Gasteiger partial charge in [0.25, 0.3) is 0 Å². The molecule has 2 rings (SSSR count). The summed E-state index contributed by atoms with van der Waals surface area (Å²) in [4.78, 5) is 0. The van der Waals surface area contributed by atoms with Crippen molar-refractivity contribution >= 4 is 0 Å². The molecule has 1 heterocycles. The van der Waals surface area contributed by atoms with E-state index >= 15 is 0 Å². The van der Waals surface area contributed by atoms with Crippen LogP contribution in [0.4, 0.5) is 0 Å². The zero-order valence-corrected chi connectivity index (χ0v) is 7.73. The second-order valence-electron chi connectivity index (χ2n) is 3.58. The van der Waals surface area contributed by atoms with E-state index in [2.05, 4.69) is 12.1 Å². The van der Waals surface area contributed by atoms with Gasteiger partial charge in [0, 0.05) is 6.42 Å². The van der Waals surface area contributed by atoms with Gasteiger partial charge in [0.05, 0.1) is 18.8 Å². The number of hydrogen-bond acceptors (Lipinski definition) is 2. The number of hydrogen-bond donors (Lipinski definition) is 1. The molecule has 0 spiro atoms. The summed E-state index contributed by atoms with van der Waals surface area (Å²) < 4.78 is 5.14. The molecule has 0 saturated carbocycles. The third-order valence-corrected chi connectivity index (χ3v) is 2.33. The third kappa shape index (κ3) is 2.29. The zero-order valence-electron chi connectivity index (χ0n) is 7.73. The number of benzene rings is 1. The molecule has 1 N–H and O–H groups in total. The highest BCUT2D eigenvalue weighted by Gasteiger charge is 2.22. The van der Waals surface area contributed by atoms with E-state index < -0.39 is 0 Å². The monoisotopic (exact) mass is 178 g/mol. The molecule has 1 aromatic rings. The Morgan fingerprint density at radius 3 is 2.54 bits per heavy atom. The van der Waals surface area contributed by atoms with Gasteiger partial charge < -0.3 is 9.84 Å². The molecule has 2 atom stereocenters. The number of aliphatic hydroxyl groups is 1. The van der Waals surface area contributed by atoms with Crippen LogP contribution >= 0.6 is 0 Å². The van der Waals surface area contributed by atoms with E-state index in [-0.39, 0.29) is 6.10 Å². The fraction of sp³-hybridized carbons (Fsp3) is 0.455. The van der Waals surface area contributed by atoms with Crippen molar-refractivity contribution in [3.63, 3.8) is 0 Å². The van der Waals surface area contributed by atoms with Gasteiger partial charge in [-0.1, -0.05) is 24.3 Å². The first-order chi connectivity index (χ1) is 6.25. The van der Waals surface area contributed by atoms with Crippen LogP contribution in [0.15, 0.2) is 24.3 Å². The summed E-state index contributed by atoms with van der Waals surface area (Å²) in [5.74, 6) is 0. The fourth-order valence-corrected chi connectivity index (χ4v) is 1.38. The Kier molecular flexibility index (Phi) is 2.34. The topological polar surface area (TPSA) is 32.8 Å². The van der Waals surface area contributed by atoms with Gasteiger partial charge in [-0.05, 0) is 18.1 Å². The van der Waals surface area contributed by atoms with Crippen LogP contribution in [-0.2, 0) is 11.2 Å². The van der Waals surface area contributed by atoms with Crippen LogP contribution in [0.3, 0.4) is 0 Å². The quantitative estimate of drug-likeness (QED) is 0.714. The minimum atomic E-state index is -0.369. The molecule has 13 heavy (non-hydrogen) atoms. The maximum absolute atomic E-state index is 9.28. The van der Waals surface area contributed by atoms with Gasteiger partial charge in [0.2, 0.25) is 0 Å². The van der Waals surface area contributed by atoms with Gasteiger partial charge >= 0.3 is 0 Å². The molecule has 0 amide bonds. The van der Waals surface area contributed by atoms with Crippen molar-refractivity contribution in [3.05, 3.63) is 35.4 Å². The van der Waals surface area contributed by atoms with Crippen molar-refractivity contribution < 1.29 is 9.84 Å². The smallest absolute Gasteiger partial charge is 0.0850 e. The highest BCUT2D eigenvalue weighted by Crippen LogP contribution is 2.18. The maximum Gasteiger partial charge on any atom is 0.0850 e. The molecule has 2 unspecified atom stereocenters. The Morgan fingerprint density at radius 1 is 1.46 bits per heavy atom. The van der Waals surface area contributed by atoms with Gasteiger partial charge in [-0.25, -0.2) is 0 Å². The van der Waals surface area contributed by atoms with Gasteiger partial charge in [0.15, 0.2) is 0 Å². The largest absolute Gasteiger partial charge is 0.389 e. The Balaban J connectivity index is 2.04. The average Bonchev–Trinajstić information content (AvgIpc) is 2.89. The van der Waals surface area contributed by atoms with E-state index in [1.807, 2.05) is 12.1 Å². The van der Waals surface area contributed by atoms with Gasteiger partial charge in [-0.3, -0.25) is 0 Å². The molecule has 0 aliphatic carbocycles. The van der Waals surface area contributed by atoms with Crippen LogP contribution in [-0.4, -0.2) is 17.8 Å². The minimum Gasteiger partial charge on any atom is -0.389 e. The number of aliphatic hydroxyl groups excluding tert-OH is 1. The average molecular weight is 178 g/mol. The summed E-state index contributed by atoms with van der Waals surface area (Å²) in [5.41, 5.74) is 2.26. The van der Waals surface area contributed by atoms with Gasteiger partial charge in [-0.15, -0.1) is 0 Å². The lowest BCUT2D eigenvalue weighted by molar-refractivity contribution is 0.199. The van der Waals surface area contributed by atoms with E-state index in [0.717, 1.165) is 18.6 Å². The van der Waals surface area contributed by atoms with E-state index in [0.29, 0.717) is 6.10 Å². The molecular weight excluding hydrogens is 164 g/mol. The normalized spacial score (nSPS) is 22.8. The maximum atomic E-state index is 9.28. The van der Waals surface area contributed by atoms with Crippen LogP contribution in [0.1, 0.15) is 24.2 Å². The van der Waals surface area contributed by atoms with Crippen molar-refractivity contribution in [2.45, 2.75) is 25.6 Å². The van der Waals surface area contributed by atoms with Crippen molar-refractivity contribution in [2.75, 3.05) is 6.61 Å². The lowest BCUT2D eigenvalue weighted by atomic mass is 10.1. The Labute approximate surface area is 78.2 Å². The Hall–Kier alpha value is -0.860. The fourth-order valence-electron chi connectivity index (χ4n) is 1.38. The second-order valence-corrected chi connectivity index (χ2v) is 3.58. The number of epoxide rings is 1. The molecule has 0 radical (unpaired) electrons. The standard InChI is InChI=1S/C11H14O2/c1-8(12)10-4-2-9(3-5-10)6-11-7-13-11/h2-5,8,11-12H,6-7H2,1H3. The highest BCUT2D eigenvalue weighted by molar-refractivity contribution is 5.24. The summed E-state index contributed by atoms with van der Waals surface area (Å²) in [7, 11) is 0. The molecule has 0 bridgehead atoms. The van der Waals surface area contributed by atoms with Crippen molar-refractivity contribution in [2.24, 2.45) is 0 Å². The minimum absolute atomic E-state index is 0.369. The van der Waals surface area contributed by atoms with Crippen molar-refractivity contribution in [1.82, 2.24) is 0 Å². The van der Waals surface area contributed by atoms with Crippen LogP contribution in [0, 0.1) is 0 Å². The first-order valence-electron chi connectivity index (χ1n) is 4.64. The van der Waals surface area contributed by atoms with Crippen LogP contribution in [0.2, 0.25) is 0 Å². The van der Waals surface area contributed by atoms with Crippen LogP contribution < -0.4 is 0 Å². The molecule has 1 aromatic carbocycles. The van der Waals surface area contributed by atoms with Crippen molar-refractivity contribution in [1.29, 1.82) is 0 Å². The predicted octanol–water partition coefficient (Wildman–Crippen LogP) is 1.68. The molecule has 0 aromatic heterocycles. The summed E-state index contributed by atoms with van der Waals surface area (Å²) in [6.45, 7) is 2.68. The summed E-state index contributed by atoms with van der Waals surface area (Å²) in [6.07, 6.45) is 1.07. The molecule has 2 nitrogen and oxygen atoms in total. The Morgan fingerprint density at radius 2 is 2.08 bits per heavy atom. The SMILES string of the molecule is CC(O)c1ccc(CC2CO2)cc1. The highest BCUT2D eigenvalue weighted by atomic mass is 16.6. The summed E-state index contributed by atoms with van der Waals surface area (Å²) in [5, 5.41) is 9.28. The summed E-state index contributed by atoms with van der Waals surface area (Å²) in [6, 6.07) is 8.07. The molecule has 2 heteroatoms. The zero-order chi connectivity index (χ0) is 9.26. The molecule has 1 saturated heterocycles. The van der Waals surface area contributed by atoms with E-state index in [1.165, 1.54) is 5.56 Å². The molecular formula is C11H14O2. The van der Waals surface area contributed by atoms with Gasteiger partial charge in [-0.2, -0.15) is 0 Å². The van der Waals surface area contributed by atoms with E-state index in [4.69, 9.17) is 4.74 Å². The van der Waals surface area contributed by atoms with E-state index in [9.17, 15) is 5.11 Å². The molecule has 70 valence electrons. The first-order valence-corrected chi connectivity index (χ1v) is 4.64. The molecule has 1 aliphatic heterocycles. The first kappa shape index (κ1) is 8.73. The third-order valence-electron chi connectivity index (χ3n) is 2.33. The molecule has 1 aliphatic rings. The molecule has 1 fully saturated rings. The van der Waals surface area contributed by atoms with Gasteiger partial charge in [0.1, 0.15) is 0 Å². The lowest BCUT2D eigenvalue weighted by Gasteiger charge is -2.05. The van der Waals surface area contributed by atoms with Crippen LogP contribution in [0.5, 0.6) is 0 Å². The van der Waals surface area contributed by atoms with E-state index in [1.54, 1.807) is 6.92 Å². The second kappa shape index (κ2) is 3.48. The Bertz CT molecular complexity index is 273. The van der Waals surface area contributed by atoms with Crippen LogP contribution in [0.25, 0.3) is 0 Å². The lowest BCUT2D eigenvalue weighted by Crippen LogP contribution is -1.95. The predicted molar refractivity (Wildman–Crippen MR) is 50.5 cm³/mol. The number of rotatable bonds is 3. The number of ether oxygens (including phenoxy) is 1. The van der Waals surface area contributed by atoms with Crippen molar-refractivity contribution in [3.8, 4) is 0 Å². The summed E-state index contributed by atoms with van der Waals surface area (Å²) >= 11 is 0.